The maximum Gasteiger partial charge on any atom is 0.221 e. The third-order valence-corrected chi connectivity index (χ3v) is 3.36. The highest BCUT2D eigenvalue weighted by Gasteiger charge is 2.15. The van der Waals surface area contributed by atoms with Crippen molar-refractivity contribution in [2.45, 2.75) is 12.8 Å². The maximum atomic E-state index is 12.3. The van der Waals surface area contributed by atoms with Gasteiger partial charge < -0.3 is 25.7 Å². The molecule has 0 fully saturated rings. The van der Waals surface area contributed by atoms with Crippen molar-refractivity contribution in [2.24, 2.45) is 0 Å². The van der Waals surface area contributed by atoms with E-state index in [1.54, 1.807) is 6.20 Å². The minimum absolute atomic E-state index is 0.128. The van der Waals surface area contributed by atoms with Gasteiger partial charge in [0.1, 0.15) is 5.82 Å². The maximum absolute atomic E-state index is 12.3. The highest BCUT2D eigenvalue weighted by Crippen LogP contribution is 2.39. The molecule has 8 heteroatoms. The lowest BCUT2D eigenvalue weighted by Gasteiger charge is -2.16. The highest BCUT2D eigenvalue weighted by atomic mass is 18.2. The van der Waals surface area contributed by atoms with Gasteiger partial charge in [-0.2, -0.15) is 4.98 Å². The molecule has 0 spiro atoms. The first-order chi connectivity index (χ1) is 11.6. The smallest absolute Gasteiger partial charge is 0.221 e. The molecule has 24 heavy (non-hydrogen) atoms. The fraction of sp³-hybridized carbons (Fsp3) is 0.375. The monoisotopic (exact) mass is 335 g/mol. The number of nitrogens with two attached hydrogens (primary N) is 2. The van der Waals surface area contributed by atoms with E-state index in [1.807, 2.05) is 12.1 Å². The van der Waals surface area contributed by atoms with E-state index in [2.05, 4.69) is 9.97 Å². The van der Waals surface area contributed by atoms with Crippen LogP contribution in [-0.4, -0.2) is 37.5 Å². The number of alkyl halides is 1. The molecule has 0 aliphatic heterocycles. The van der Waals surface area contributed by atoms with E-state index in [4.69, 9.17) is 25.7 Å². The molecule has 0 aliphatic rings. The number of aromatic nitrogens is 2. The molecule has 0 saturated carbocycles. The Hall–Kier alpha value is -2.77. The van der Waals surface area contributed by atoms with Crippen LogP contribution in [0.15, 0.2) is 18.3 Å². The molecular weight excluding hydrogens is 314 g/mol. The summed E-state index contributed by atoms with van der Waals surface area (Å²) >= 11 is 0. The van der Waals surface area contributed by atoms with Gasteiger partial charge in [0.05, 0.1) is 27.5 Å². The third kappa shape index (κ3) is 4.15. The largest absolute Gasteiger partial charge is 0.493 e. The van der Waals surface area contributed by atoms with E-state index >= 15 is 0 Å². The Kier molecular flexibility index (Phi) is 6.00. The Balaban J connectivity index is 2.30. The van der Waals surface area contributed by atoms with Gasteiger partial charge in [-0.15, -0.1) is 0 Å². The molecular formula is C16H21FN4O3. The SMILES string of the molecule is COc1cc(Cc2cnc(N)nc2N)cc(OC)c1OCCC[18F]. The number of anilines is 2. The number of rotatable bonds is 8. The van der Waals surface area contributed by atoms with Crippen molar-refractivity contribution in [3.63, 3.8) is 0 Å². The van der Waals surface area contributed by atoms with Crippen LogP contribution in [-0.2, 0) is 6.42 Å². The van der Waals surface area contributed by atoms with Gasteiger partial charge in [0.2, 0.25) is 11.7 Å². The van der Waals surface area contributed by atoms with Gasteiger partial charge in [-0.05, 0) is 17.7 Å². The summed E-state index contributed by atoms with van der Waals surface area (Å²) < 4.78 is 28.6. The van der Waals surface area contributed by atoms with Crippen LogP contribution in [0.4, 0.5) is 16.2 Å². The summed E-state index contributed by atoms with van der Waals surface area (Å²) in [5.74, 6) is 1.89. The van der Waals surface area contributed by atoms with Crippen LogP contribution in [0.2, 0.25) is 0 Å². The molecule has 2 rings (SSSR count). The van der Waals surface area contributed by atoms with Crippen molar-refractivity contribution in [3.05, 3.63) is 29.5 Å². The second kappa shape index (κ2) is 8.19. The van der Waals surface area contributed by atoms with Gasteiger partial charge in [0.25, 0.3) is 0 Å². The van der Waals surface area contributed by atoms with Crippen LogP contribution < -0.4 is 25.7 Å². The number of hydrogen-bond donors (Lipinski definition) is 2. The molecule has 7 nitrogen and oxygen atoms in total. The summed E-state index contributed by atoms with van der Waals surface area (Å²) in [6, 6.07) is 3.62. The fourth-order valence-electron chi connectivity index (χ4n) is 2.20. The van der Waals surface area contributed by atoms with Crippen molar-refractivity contribution in [1.82, 2.24) is 9.97 Å². The van der Waals surface area contributed by atoms with Crippen LogP contribution in [0.25, 0.3) is 0 Å². The molecule has 2 aromatic rings. The van der Waals surface area contributed by atoms with Crippen molar-refractivity contribution in [2.75, 3.05) is 39.0 Å². The normalized spacial score (nSPS) is 10.5. The number of nitrogens with zero attached hydrogens (tertiary/aromatic N) is 2. The number of methoxy groups -OCH3 is 2. The molecule has 0 aliphatic carbocycles. The van der Waals surface area contributed by atoms with E-state index in [0.717, 1.165) is 11.1 Å². The lowest BCUT2D eigenvalue weighted by Crippen LogP contribution is -2.05. The zero-order chi connectivity index (χ0) is 17.5. The van der Waals surface area contributed by atoms with E-state index in [9.17, 15) is 4.39 Å². The van der Waals surface area contributed by atoms with Crippen molar-refractivity contribution >= 4 is 11.8 Å². The molecule has 0 unspecified atom stereocenters. The first-order valence-corrected chi connectivity index (χ1v) is 7.39. The van der Waals surface area contributed by atoms with Crippen LogP contribution in [0.3, 0.4) is 0 Å². The number of ether oxygens (including phenoxy) is 3. The number of hydrogen-bond acceptors (Lipinski definition) is 7. The highest BCUT2D eigenvalue weighted by molar-refractivity contribution is 5.55. The van der Waals surface area contributed by atoms with Crippen LogP contribution in [0.1, 0.15) is 17.5 Å². The molecule has 0 atom stereocenters. The molecule has 1 aromatic carbocycles. The van der Waals surface area contributed by atoms with Crippen molar-refractivity contribution in [3.8, 4) is 17.2 Å². The van der Waals surface area contributed by atoms with Crippen LogP contribution in [0, 0.1) is 0 Å². The quantitative estimate of drug-likeness (QED) is 0.711. The summed E-state index contributed by atoms with van der Waals surface area (Å²) in [6.45, 7) is -0.208. The average molecular weight is 335 g/mol. The lowest BCUT2D eigenvalue weighted by atomic mass is 10.1. The summed E-state index contributed by atoms with van der Waals surface area (Å²) in [5.41, 5.74) is 13.0. The van der Waals surface area contributed by atoms with Gasteiger partial charge in [-0.3, -0.25) is 4.39 Å². The fourth-order valence-corrected chi connectivity index (χ4v) is 2.20. The van der Waals surface area contributed by atoms with E-state index < -0.39 is 6.67 Å². The van der Waals surface area contributed by atoms with Gasteiger partial charge in [0.15, 0.2) is 11.5 Å². The summed E-state index contributed by atoms with van der Waals surface area (Å²) in [4.78, 5) is 7.90. The van der Waals surface area contributed by atoms with Gasteiger partial charge >= 0.3 is 0 Å². The summed E-state index contributed by atoms with van der Waals surface area (Å²) in [5, 5.41) is 0. The van der Waals surface area contributed by atoms with Gasteiger partial charge in [-0.25, -0.2) is 4.98 Å². The molecule has 0 amide bonds. The molecule has 1 aromatic heterocycles. The lowest BCUT2D eigenvalue weighted by molar-refractivity contribution is 0.258. The molecule has 0 bridgehead atoms. The predicted molar refractivity (Wildman–Crippen MR) is 89.3 cm³/mol. The Bertz CT molecular complexity index is 672. The Morgan fingerprint density at radius 3 is 2.33 bits per heavy atom. The first kappa shape index (κ1) is 17.6. The molecule has 1 heterocycles. The molecule has 130 valence electrons. The molecule has 4 N–H and O–H groups in total. The van der Waals surface area contributed by atoms with Crippen molar-refractivity contribution < 1.29 is 18.6 Å². The first-order valence-electron chi connectivity index (χ1n) is 7.39. The zero-order valence-electron chi connectivity index (χ0n) is 13.7. The number of benzene rings is 1. The van der Waals surface area contributed by atoms with Crippen LogP contribution in [0.5, 0.6) is 17.2 Å². The second-order valence-electron chi connectivity index (χ2n) is 5.04. The molecule has 0 radical (unpaired) electrons. The minimum atomic E-state index is -0.445. The third-order valence-electron chi connectivity index (χ3n) is 3.36. The zero-order valence-corrected chi connectivity index (χ0v) is 13.7. The predicted octanol–water partition coefficient (Wildman–Crippen LogP) is 1.99. The minimum Gasteiger partial charge on any atom is -0.493 e. The topological polar surface area (TPSA) is 106 Å². The second-order valence-corrected chi connectivity index (χ2v) is 5.04. The van der Waals surface area contributed by atoms with Crippen molar-refractivity contribution in [1.29, 1.82) is 0 Å². The number of halogens is 1. The Morgan fingerprint density at radius 1 is 1.12 bits per heavy atom. The van der Waals surface area contributed by atoms with Crippen LogP contribution >= 0.6 is 0 Å². The van der Waals surface area contributed by atoms with E-state index in [0.29, 0.717) is 35.9 Å². The van der Waals surface area contributed by atoms with Gasteiger partial charge in [0, 0.05) is 24.6 Å². The number of nitrogen functional groups attached to an aromatic ring is 2. The van der Waals surface area contributed by atoms with E-state index in [-0.39, 0.29) is 12.6 Å². The average Bonchev–Trinajstić information content (AvgIpc) is 2.58. The summed E-state index contributed by atoms with van der Waals surface area (Å²) in [7, 11) is 3.06. The van der Waals surface area contributed by atoms with E-state index in [1.165, 1.54) is 14.2 Å². The Labute approximate surface area is 139 Å². The molecule has 0 saturated heterocycles. The summed E-state index contributed by atoms with van der Waals surface area (Å²) in [6.07, 6.45) is 2.36. The Morgan fingerprint density at radius 2 is 1.79 bits per heavy atom. The standard InChI is InChI=1S/C16H21FN4O3/c1-22-12-7-10(6-11-9-20-16(19)21-15(11)18)8-13(23-2)14(12)24-5-3-4-17/h7-9H,3-6H2,1-2H3,(H4,18,19,20,21)/i17-1. The van der Waals surface area contributed by atoms with Gasteiger partial charge in [-0.1, -0.05) is 0 Å².